The molecule has 0 bridgehead atoms. The maximum atomic E-state index is 12.3. The van der Waals surface area contributed by atoms with Crippen LogP contribution in [0, 0.1) is 6.92 Å². The second-order valence-electron chi connectivity index (χ2n) is 5.82. The van der Waals surface area contributed by atoms with Gasteiger partial charge in [-0.15, -0.1) is 11.3 Å². The van der Waals surface area contributed by atoms with Crippen molar-refractivity contribution in [2.45, 2.75) is 20.5 Å². The number of nitrogens with zero attached hydrogens (tertiary/aromatic N) is 1. The Morgan fingerprint density at radius 3 is 2.65 bits per heavy atom. The number of ketones is 1. The number of carbonyl (C=O) groups excluding carboxylic acids is 2. The molecule has 3 aromatic rings. The smallest absolute Gasteiger partial charge is 0.275 e. The molecule has 6 heteroatoms. The van der Waals surface area contributed by atoms with Crippen molar-refractivity contribution < 1.29 is 14.3 Å². The van der Waals surface area contributed by atoms with Crippen LogP contribution < -0.4 is 10.1 Å². The van der Waals surface area contributed by atoms with Gasteiger partial charge in [-0.05, 0) is 38.1 Å². The number of ether oxygens (including phenoxy) is 1. The zero-order chi connectivity index (χ0) is 18.5. The Kier molecular flexibility index (Phi) is 5.43. The van der Waals surface area contributed by atoms with Gasteiger partial charge in [0, 0.05) is 16.6 Å². The summed E-state index contributed by atoms with van der Waals surface area (Å²) in [5.74, 6) is 0.395. The summed E-state index contributed by atoms with van der Waals surface area (Å²) in [4.78, 5) is 28.1. The molecule has 0 saturated heterocycles. The summed E-state index contributed by atoms with van der Waals surface area (Å²) in [5, 5.41) is 5.17. The molecule has 26 heavy (non-hydrogen) atoms. The molecule has 0 aliphatic heterocycles. The molecule has 0 atom stereocenters. The standard InChI is InChI=1S/C20H18N2O3S/c1-13-6-8-17(9-7-13)25-11-19-22-18(12-26-19)20(24)21-16-5-3-4-15(10-16)14(2)23/h3-10,12H,11H2,1-2H3,(H,21,24). The van der Waals surface area contributed by atoms with Gasteiger partial charge in [-0.25, -0.2) is 4.98 Å². The van der Waals surface area contributed by atoms with E-state index in [-0.39, 0.29) is 11.7 Å². The van der Waals surface area contributed by atoms with Gasteiger partial charge in [0.1, 0.15) is 23.1 Å². The minimum Gasteiger partial charge on any atom is -0.486 e. The Hall–Kier alpha value is -2.99. The first kappa shape index (κ1) is 17.8. The summed E-state index contributed by atoms with van der Waals surface area (Å²) < 4.78 is 5.68. The molecule has 1 aromatic heterocycles. The molecule has 132 valence electrons. The number of carbonyl (C=O) groups is 2. The van der Waals surface area contributed by atoms with Gasteiger partial charge in [0.05, 0.1) is 0 Å². The highest BCUT2D eigenvalue weighted by atomic mass is 32.1. The lowest BCUT2D eigenvalue weighted by Crippen LogP contribution is -2.13. The van der Waals surface area contributed by atoms with Crippen LogP contribution in [0.2, 0.25) is 0 Å². The Bertz CT molecular complexity index is 932. The average molecular weight is 366 g/mol. The van der Waals surface area contributed by atoms with Crippen LogP contribution in [0.1, 0.15) is 38.3 Å². The van der Waals surface area contributed by atoms with Crippen molar-refractivity contribution in [3.8, 4) is 5.75 Å². The van der Waals surface area contributed by atoms with E-state index >= 15 is 0 Å². The number of hydrogen-bond donors (Lipinski definition) is 1. The largest absolute Gasteiger partial charge is 0.486 e. The van der Waals surface area contributed by atoms with E-state index in [1.807, 2.05) is 31.2 Å². The van der Waals surface area contributed by atoms with Crippen molar-refractivity contribution >= 4 is 28.7 Å². The van der Waals surface area contributed by atoms with Crippen LogP contribution in [-0.4, -0.2) is 16.7 Å². The number of anilines is 1. The number of hydrogen-bond acceptors (Lipinski definition) is 5. The topological polar surface area (TPSA) is 68.3 Å². The summed E-state index contributed by atoms with van der Waals surface area (Å²) in [6, 6.07) is 14.6. The second kappa shape index (κ2) is 7.93. The fraction of sp³-hybridized carbons (Fsp3) is 0.150. The predicted octanol–water partition coefficient (Wildman–Crippen LogP) is 4.49. The third kappa shape index (κ3) is 4.55. The van der Waals surface area contributed by atoms with E-state index in [0.29, 0.717) is 28.6 Å². The molecule has 0 aliphatic carbocycles. The Morgan fingerprint density at radius 1 is 1.15 bits per heavy atom. The number of thiazole rings is 1. The molecular weight excluding hydrogens is 348 g/mol. The molecular formula is C20H18N2O3S. The fourth-order valence-electron chi connectivity index (χ4n) is 2.27. The molecule has 1 N–H and O–H groups in total. The molecule has 0 fully saturated rings. The quantitative estimate of drug-likeness (QED) is 0.653. The first-order chi connectivity index (χ1) is 12.5. The van der Waals surface area contributed by atoms with Crippen LogP contribution in [0.3, 0.4) is 0 Å². The molecule has 0 spiro atoms. The Morgan fingerprint density at radius 2 is 1.92 bits per heavy atom. The molecule has 3 rings (SSSR count). The van der Waals surface area contributed by atoms with Crippen LogP contribution in [-0.2, 0) is 6.61 Å². The average Bonchev–Trinajstić information content (AvgIpc) is 3.11. The predicted molar refractivity (Wildman–Crippen MR) is 102 cm³/mol. The summed E-state index contributed by atoms with van der Waals surface area (Å²) in [6.07, 6.45) is 0. The van der Waals surface area contributed by atoms with Crippen LogP contribution in [0.5, 0.6) is 5.75 Å². The van der Waals surface area contributed by atoms with E-state index in [2.05, 4.69) is 10.3 Å². The Labute approximate surface area is 155 Å². The van der Waals surface area contributed by atoms with Crippen LogP contribution in [0.25, 0.3) is 0 Å². The number of aromatic nitrogens is 1. The highest BCUT2D eigenvalue weighted by Gasteiger charge is 2.12. The van der Waals surface area contributed by atoms with E-state index < -0.39 is 0 Å². The summed E-state index contributed by atoms with van der Waals surface area (Å²) >= 11 is 1.37. The molecule has 0 saturated carbocycles. The monoisotopic (exact) mass is 366 g/mol. The minimum atomic E-state index is -0.316. The van der Waals surface area contributed by atoms with Gasteiger partial charge >= 0.3 is 0 Å². The number of aryl methyl sites for hydroxylation is 1. The zero-order valence-electron chi connectivity index (χ0n) is 14.5. The van der Waals surface area contributed by atoms with Crippen molar-refractivity contribution in [2.24, 2.45) is 0 Å². The van der Waals surface area contributed by atoms with Gasteiger partial charge in [-0.1, -0.05) is 29.8 Å². The lowest BCUT2D eigenvalue weighted by molar-refractivity contribution is 0.100. The third-order valence-electron chi connectivity index (χ3n) is 3.69. The number of nitrogens with one attached hydrogen (secondary N) is 1. The van der Waals surface area contributed by atoms with Crippen molar-refractivity contribution in [3.05, 3.63) is 75.7 Å². The fourth-order valence-corrected chi connectivity index (χ4v) is 2.96. The highest BCUT2D eigenvalue weighted by Crippen LogP contribution is 2.17. The SMILES string of the molecule is CC(=O)c1cccc(NC(=O)c2csc(COc3ccc(C)cc3)n2)c1. The van der Waals surface area contributed by atoms with E-state index in [0.717, 1.165) is 5.75 Å². The number of benzene rings is 2. The van der Waals surface area contributed by atoms with E-state index in [1.165, 1.54) is 23.8 Å². The minimum absolute atomic E-state index is 0.0506. The maximum Gasteiger partial charge on any atom is 0.275 e. The molecule has 1 heterocycles. The van der Waals surface area contributed by atoms with E-state index in [1.54, 1.807) is 29.6 Å². The lowest BCUT2D eigenvalue weighted by atomic mass is 10.1. The molecule has 5 nitrogen and oxygen atoms in total. The first-order valence-electron chi connectivity index (χ1n) is 8.07. The highest BCUT2D eigenvalue weighted by molar-refractivity contribution is 7.09. The normalized spacial score (nSPS) is 10.4. The van der Waals surface area contributed by atoms with Crippen LogP contribution in [0.4, 0.5) is 5.69 Å². The van der Waals surface area contributed by atoms with Gasteiger partial charge in [0.15, 0.2) is 5.78 Å². The molecule has 2 aromatic carbocycles. The van der Waals surface area contributed by atoms with Crippen molar-refractivity contribution in [3.63, 3.8) is 0 Å². The van der Waals surface area contributed by atoms with Crippen molar-refractivity contribution in [1.29, 1.82) is 0 Å². The molecule has 1 amide bonds. The van der Waals surface area contributed by atoms with Crippen LogP contribution in [0.15, 0.2) is 53.9 Å². The number of amides is 1. The first-order valence-corrected chi connectivity index (χ1v) is 8.95. The van der Waals surface area contributed by atoms with Gasteiger partial charge in [0.25, 0.3) is 5.91 Å². The van der Waals surface area contributed by atoms with Crippen molar-refractivity contribution in [2.75, 3.05) is 5.32 Å². The number of rotatable bonds is 6. The summed E-state index contributed by atoms with van der Waals surface area (Å²) in [6.45, 7) is 3.81. The lowest BCUT2D eigenvalue weighted by Gasteiger charge is -2.05. The number of Topliss-reactive ketones (excluding diaryl/α,β-unsaturated/α-hetero) is 1. The van der Waals surface area contributed by atoms with Gasteiger partial charge in [-0.2, -0.15) is 0 Å². The second-order valence-corrected chi connectivity index (χ2v) is 6.76. The third-order valence-corrected chi connectivity index (χ3v) is 4.52. The van der Waals surface area contributed by atoms with Crippen LogP contribution >= 0.6 is 11.3 Å². The Balaban J connectivity index is 1.61. The van der Waals surface area contributed by atoms with Gasteiger partial charge in [-0.3, -0.25) is 9.59 Å². The summed E-state index contributed by atoms with van der Waals surface area (Å²) in [5.41, 5.74) is 2.60. The molecule has 0 unspecified atom stereocenters. The van der Waals surface area contributed by atoms with Gasteiger partial charge in [0.2, 0.25) is 0 Å². The molecule has 0 aliphatic rings. The molecule has 0 radical (unpaired) electrons. The zero-order valence-corrected chi connectivity index (χ0v) is 15.3. The van der Waals surface area contributed by atoms with Crippen molar-refractivity contribution in [1.82, 2.24) is 4.98 Å². The van der Waals surface area contributed by atoms with E-state index in [9.17, 15) is 9.59 Å². The summed E-state index contributed by atoms with van der Waals surface area (Å²) in [7, 11) is 0. The van der Waals surface area contributed by atoms with Gasteiger partial charge < -0.3 is 10.1 Å². The maximum absolute atomic E-state index is 12.3. The van der Waals surface area contributed by atoms with E-state index in [4.69, 9.17) is 4.74 Å².